The molecule has 0 atom stereocenters. The van der Waals surface area contributed by atoms with Gasteiger partial charge in [-0.3, -0.25) is 0 Å². The van der Waals surface area contributed by atoms with Crippen molar-refractivity contribution in [2.24, 2.45) is 0 Å². The second-order valence-electron chi connectivity index (χ2n) is 34.0. The van der Waals surface area contributed by atoms with Crippen LogP contribution < -0.4 is 19.6 Å². The monoisotopic (exact) mass is 1710 g/mol. The standard InChI is InChI=1S/C66H47N3.C62H43N3/c1-6-16-48(17-7-1)50-26-36-59(37-27-50)67(56-20-10-3-11-21-56)61-40-30-52(31-41-61)54-34-44-65-63(46-54)64-47-55(35-45-66(64)69(65)58-24-14-5-15-25-58)53-32-42-62(43-33-53)68(57-22-12-4-13-23-57)60-38-28-51(29-39-60)49-18-8-2-9-19-49;1-4-20-50(21-5-1)63(59-28-14-18-46-16-10-12-26-55(46)59)53-36-30-44(31-37-53)48-34-40-61-57(42-48)58-43-49(35-41-62(58)65(61)52-24-8-3-9-25-52)45-32-38-54(39-33-45)64(51-22-6-2-7-23-51)60-29-15-19-47-17-11-13-27-56(47)60/h1-47H;1-43H. The summed E-state index contributed by atoms with van der Waals surface area (Å²) in [6, 6.07) is 197. The first-order valence-electron chi connectivity index (χ1n) is 45.8. The molecule has 0 radical (unpaired) electrons. The van der Waals surface area contributed by atoms with Gasteiger partial charge in [-0.1, -0.05) is 340 Å². The van der Waals surface area contributed by atoms with E-state index in [0.717, 1.165) is 90.8 Å². The Morgan fingerprint density at radius 1 is 0.119 bits per heavy atom. The Labute approximate surface area is 780 Å². The van der Waals surface area contributed by atoms with E-state index < -0.39 is 0 Å². The molecule has 0 spiro atoms. The minimum atomic E-state index is 1.10. The summed E-state index contributed by atoms with van der Waals surface area (Å²) in [5.41, 5.74) is 34.6. The molecule has 0 amide bonds. The molecule has 24 aromatic rings. The molecule has 2 heterocycles. The third-order valence-electron chi connectivity index (χ3n) is 25.9. The van der Waals surface area contributed by atoms with Gasteiger partial charge in [0.25, 0.3) is 0 Å². The summed E-state index contributed by atoms with van der Waals surface area (Å²) in [6.07, 6.45) is 0. The number of benzene rings is 22. The Balaban J connectivity index is 0.000000152. The quantitative estimate of drug-likeness (QED) is 0.0758. The maximum absolute atomic E-state index is 2.40. The highest BCUT2D eigenvalue weighted by molar-refractivity contribution is 6.14. The summed E-state index contributed by atoms with van der Waals surface area (Å²) in [7, 11) is 0. The van der Waals surface area contributed by atoms with Crippen LogP contribution in [-0.4, -0.2) is 9.13 Å². The molecule has 0 fully saturated rings. The molecular weight excluding hydrogens is 1620 g/mol. The zero-order chi connectivity index (χ0) is 89.0. The van der Waals surface area contributed by atoms with E-state index in [9.17, 15) is 0 Å². The normalized spacial score (nSPS) is 11.3. The number of hydrogen-bond acceptors (Lipinski definition) is 4. The molecule has 0 aliphatic rings. The highest BCUT2D eigenvalue weighted by atomic mass is 15.2. The van der Waals surface area contributed by atoms with Gasteiger partial charge >= 0.3 is 0 Å². The van der Waals surface area contributed by atoms with E-state index in [1.165, 1.54) is 121 Å². The van der Waals surface area contributed by atoms with Crippen molar-refractivity contribution in [1.82, 2.24) is 9.13 Å². The van der Waals surface area contributed by atoms with Gasteiger partial charge in [0.05, 0.1) is 33.4 Å². The van der Waals surface area contributed by atoms with Gasteiger partial charge in [0.1, 0.15) is 0 Å². The van der Waals surface area contributed by atoms with E-state index in [4.69, 9.17) is 0 Å². The molecular formula is C128H90N6. The molecule has 2 aromatic heterocycles. The first-order valence-corrected chi connectivity index (χ1v) is 45.8. The molecule has 24 rings (SSSR count). The van der Waals surface area contributed by atoms with Gasteiger partial charge in [-0.2, -0.15) is 0 Å². The fraction of sp³-hybridized carbons (Fsp3) is 0. The topological polar surface area (TPSA) is 22.8 Å². The van der Waals surface area contributed by atoms with Crippen molar-refractivity contribution in [1.29, 1.82) is 0 Å². The summed E-state index contributed by atoms with van der Waals surface area (Å²) < 4.78 is 4.79. The molecule has 0 aliphatic heterocycles. The van der Waals surface area contributed by atoms with Crippen molar-refractivity contribution >= 4 is 133 Å². The summed E-state index contributed by atoms with van der Waals surface area (Å²) in [5, 5.41) is 9.74. The van der Waals surface area contributed by atoms with Crippen LogP contribution in [0.4, 0.5) is 68.2 Å². The van der Waals surface area contributed by atoms with Crippen LogP contribution in [0.15, 0.2) is 546 Å². The Kier molecular flexibility index (Phi) is 21.7. The molecule has 0 aliphatic carbocycles. The van der Waals surface area contributed by atoms with Crippen LogP contribution in [0.3, 0.4) is 0 Å². The molecule has 0 saturated carbocycles. The zero-order valence-electron chi connectivity index (χ0n) is 73.6. The first-order chi connectivity index (χ1) is 66.5. The molecule has 22 aromatic carbocycles. The second kappa shape index (κ2) is 36.0. The predicted molar refractivity (Wildman–Crippen MR) is 568 cm³/mol. The largest absolute Gasteiger partial charge is 0.311 e. The average molecular weight is 1710 g/mol. The van der Waals surface area contributed by atoms with Crippen LogP contribution in [0.1, 0.15) is 0 Å². The van der Waals surface area contributed by atoms with E-state index in [1.807, 2.05) is 0 Å². The maximum atomic E-state index is 2.40. The minimum absolute atomic E-state index is 1.10. The van der Waals surface area contributed by atoms with Gasteiger partial charge in [0, 0.05) is 101 Å². The number of para-hydroxylation sites is 6. The SMILES string of the molecule is c1ccc(-c2ccc(N(c3ccccc3)c3ccc(-c4ccc5c(c4)c4cc(-c6ccc(N(c7ccccc7)c7ccc(-c8ccccc8)cc7)cc6)ccc4n5-c4ccccc4)cc3)cc2)cc1.c1ccc(N(c2ccc(-c3ccc4c(c3)c3cc(-c5ccc(N(c6ccccc6)c6cccc7ccccc67)cc5)ccc3n4-c3ccccc3)cc2)c2cccc3ccccc23)cc1. The Bertz CT molecular complexity index is 7800. The number of fused-ring (bicyclic) bond motifs is 8. The molecule has 6 nitrogen and oxygen atoms in total. The zero-order valence-corrected chi connectivity index (χ0v) is 73.6. The molecule has 0 N–H and O–H groups in total. The van der Waals surface area contributed by atoms with Crippen LogP contribution in [0, 0.1) is 0 Å². The second-order valence-corrected chi connectivity index (χ2v) is 34.0. The number of nitrogens with zero attached hydrogens (tertiary/aromatic N) is 6. The minimum Gasteiger partial charge on any atom is -0.311 e. The van der Waals surface area contributed by atoms with E-state index in [1.54, 1.807) is 0 Å². The lowest BCUT2D eigenvalue weighted by Gasteiger charge is -2.27. The van der Waals surface area contributed by atoms with Crippen molar-refractivity contribution in [3.8, 4) is 78.1 Å². The van der Waals surface area contributed by atoms with Crippen LogP contribution in [0.2, 0.25) is 0 Å². The number of anilines is 12. The highest BCUT2D eigenvalue weighted by Crippen LogP contribution is 2.47. The van der Waals surface area contributed by atoms with Crippen LogP contribution >= 0.6 is 0 Å². The average Bonchev–Trinajstić information content (AvgIpc) is 1.59. The van der Waals surface area contributed by atoms with Gasteiger partial charge < -0.3 is 28.7 Å². The number of rotatable bonds is 20. The first kappa shape index (κ1) is 80.7. The Morgan fingerprint density at radius 3 is 0.575 bits per heavy atom. The van der Waals surface area contributed by atoms with Crippen molar-refractivity contribution in [3.63, 3.8) is 0 Å². The maximum Gasteiger partial charge on any atom is 0.0541 e. The Hall–Kier alpha value is -17.8. The van der Waals surface area contributed by atoms with Crippen LogP contribution in [0.5, 0.6) is 0 Å². The third kappa shape index (κ3) is 15.8. The lowest BCUT2D eigenvalue weighted by molar-refractivity contribution is 1.18. The molecule has 6 heteroatoms. The fourth-order valence-electron chi connectivity index (χ4n) is 19.4. The highest BCUT2D eigenvalue weighted by Gasteiger charge is 2.24. The van der Waals surface area contributed by atoms with Crippen LogP contribution in [-0.2, 0) is 0 Å². The third-order valence-corrected chi connectivity index (χ3v) is 25.9. The van der Waals surface area contributed by atoms with Crippen molar-refractivity contribution in [3.05, 3.63) is 546 Å². The summed E-state index contributed by atoms with van der Waals surface area (Å²) >= 11 is 0. The summed E-state index contributed by atoms with van der Waals surface area (Å²) in [6.45, 7) is 0. The molecule has 632 valence electrons. The van der Waals surface area contributed by atoms with Gasteiger partial charge in [-0.15, -0.1) is 0 Å². The molecule has 0 bridgehead atoms. The molecule has 0 unspecified atom stereocenters. The lowest BCUT2D eigenvalue weighted by Crippen LogP contribution is -2.10. The number of hydrogen-bond donors (Lipinski definition) is 0. The van der Waals surface area contributed by atoms with Crippen molar-refractivity contribution < 1.29 is 0 Å². The lowest BCUT2D eigenvalue weighted by atomic mass is 9.99. The van der Waals surface area contributed by atoms with Crippen molar-refractivity contribution in [2.45, 2.75) is 0 Å². The fourth-order valence-corrected chi connectivity index (χ4v) is 19.4. The smallest absolute Gasteiger partial charge is 0.0541 e. The predicted octanol–water partition coefficient (Wildman–Crippen LogP) is 35.8. The summed E-state index contributed by atoms with van der Waals surface area (Å²) in [5.74, 6) is 0. The number of aromatic nitrogens is 2. The van der Waals surface area contributed by atoms with Gasteiger partial charge in [0.15, 0.2) is 0 Å². The molecule has 134 heavy (non-hydrogen) atoms. The van der Waals surface area contributed by atoms with Gasteiger partial charge in [-0.25, -0.2) is 0 Å². The van der Waals surface area contributed by atoms with Crippen molar-refractivity contribution in [2.75, 3.05) is 19.6 Å². The molecule has 0 saturated heterocycles. The van der Waals surface area contributed by atoms with Crippen LogP contribution in [0.25, 0.3) is 143 Å². The van der Waals surface area contributed by atoms with Gasteiger partial charge in [0.2, 0.25) is 0 Å². The Morgan fingerprint density at radius 2 is 0.306 bits per heavy atom. The van der Waals surface area contributed by atoms with Gasteiger partial charge in [-0.05, 0) is 284 Å². The van der Waals surface area contributed by atoms with E-state index in [2.05, 4.69) is 575 Å². The van der Waals surface area contributed by atoms with E-state index in [-0.39, 0.29) is 0 Å². The van der Waals surface area contributed by atoms with E-state index in [0.29, 0.717) is 0 Å². The van der Waals surface area contributed by atoms with E-state index >= 15 is 0 Å². The summed E-state index contributed by atoms with van der Waals surface area (Å²) in [4.78, 5) is 9.37.